The van der Waals surface area contributed by atoms with Gasteiger partial charge in [-0.3, -0.25) is 0 Å². The third kappa shape index (κ3) is 3.22. The molecule has 4 nitrogen and oxygen atoms in total. The fourth-order valence-corrected chi connectivity index (χ4v) is 2.46. The van der Waals surface area contributed by atoms with Gasteiger partial charge in [-0.1, -0.05) is 16.8 Å². The fraction of sp³-hybridized carbons (Fsp3) is 0.100. The third-order valence-electron chi connectivity index (χ3n) is 2.08. The fourth-order valence-electron chi connectivity index (χ4n) is 1.37. The van der Waals surface area contributed by atoms with Gasteiger partial charge in [0.1, 0.15) is 17.3 Å². The number of aromatic nitrogens is 1. The second kappa shape index (κ2) is 4.87. The van der Waals surface area contributed by atoms with Crippen molar-refractivity contribution in [1.82, 2.24) is 5.16 Å². The SMILES string of the molecule is O=S(=O)(Cl)Cc1cc(-c2ccc(F)cc2Cl)on1. The average molecular weight is 310 g/mol. The number of rotatable bonds is 3. The van der Waals surface area contributed by atoms with Gasteiger partial charge in [0.15, 0.2) is 5.76 Å². The van der Waals surface area contributed by atoms with E-state index in [1.54, 1.807) is 0 Å². The van der Waals surface area contributed by atoms with Crippen LogP contribution in [0.2, 0.25) is 5.02 Å². The summed E-state index contributed by atoms with van der Waals surface area (Å²) in [5.41, 5.74) is 0.573. The van der Waals surface area contributed by atoms with Crippen molar-refractivity contribution in [3.63, 3.8) is 0 Å². The lowest BCUT2D eigenvalue weighted by atomic mass is 10.1. The molecule has 0 saturated carbocycles. The first-order valence-corrected chi connectivity index (χ1v) is 7.54. The molecular weight excluding hydrogens is 304 g/mol. The summed E-state index contributed by atoms with van der Waals surface area (Å²) in [6, 6.07) is 5.13. The van der Waals surface area contributed by atoms with E-state index in [2.05, 4.69) is 5.16 Å². The first kappa shape index (κ1) is 13.3. The van der Waals surface area contributed by atoms with Gasteiger partial charge < -0.3 is 4.52 Å². The molecule has 96 valence electrons. The maximum atomic E-state index is 12.9. The Morgan fingerprint density at radius 3 is 2.67 bits per heavy atom. The molecule has 18 heavy (non-hydrogen) atoms. The highest BCUT2D eigenvalue weighted by Crippen LogP contribution is 2.29. The molecular formula is C10H6Cl2FNO3S. The van der Waals surface area contributed by atoms with Gasteiger partial charge in [-0.2, -0.15) is 0 Å². The van der Waals surface area contributed by atoms with E-state index in [0.717, 1.165) is 6.07 Å². The monoisotopic (exact) mass is 309 g/mol. The topological polar surface area (TPSA) is 60.2 Å². The standard InChI is InChI=1S/C10H6Cl2FNO3S/c11-9-3-6(13)1-2-8(9)10-4-7(14-17-10)5-18(12,15)16/h1-4H,5H2. The Morgan fingerprint density at radius 2 is 2.06 bits per heavy atom. The minimum Gasteiger partial charge on any atom is -0.356 e. The molecule has 0 aliphatic heterocycles. The van der Waals surface area contributed by atoms with E-state index in [0.29, 0.717) is 5.56 Å². The van der Waals surface area contributed by atoms with Gasteiger partial charge in [0.2, 0.25) is 9.05 Å². The predicted octanol–water partition coefficient (Wildman–Crippen LogP) is 3.20. The van der Waals surface area contributed by atoms with Crippen LogP contribution in [0.25, 0.3) is 11.3 Å². The van der Waals surface area contributed by atoms with Gasteiger partial charge >= 0.3 is 0 Å². The Hall–Kier alpha value is -1.11. The molecule has 0 radical (unpaired) electrons. The van der Waals surface area contributed by atoms with Crippen molar-refractivity contribution in [2.75, 3.05) is 0 Å². The van der Waals surface area contributed by atoms with E-state index in [4.69, 9.17) is 26.8 Å². The van der Waals surface area contributed by atoms with Crippen LogP contribution >= 0.6 is 22.3 Å². The molecule has 0 aliphatic rings. The van der Waals surface area contributed by atoms with Crippen molar-refractivity contribution >= 4 is 31.3 Å². The van der Waals surface area contributed by atoms with Crippen molar-refractivity contribution < 1.29 is 17.3 Å². The van der Waals surface area contributed by atoms with Gasteiger partial charge in [-0.15, -0.1) is 0 Å². The lowest BCUT2D eigenvalue weighted by Gasteiger charge is -1.98. The summed E-state index contributed by atoms with van der Waals surface area (Å²) in [5.74, 6) is -0.682. The molecule has 0 unspecified atom stereocenters. The Kier molecular flexibility index (Phi) is 3.61. The second-order valence-corrected chi connectivity index (χ2v) is 6.67. The number of halogens is 3. The van der Waals surface area contributed by atoms with Crippen molar-refractivity contribution in [2.45, 2.75) is 5.75 Å². The van der Waals surface area contributed by atoms with Gasteiger partial charge in [0, 0.05) is 22.3 Å². The molecule has 2 rings (SSSR count). The van der Waals surface area contributed by atoms with Crippen LogP contribution in [0.5, 0.6) is 0 Å². The van der Waals surface area contributed by atoms with E-state index in [-0.39, 0.29) is 16.5 Å². The zero-order valence-corrected chi connectivity index (χ0v) is 11.1. The molecule has 0 bridgehead atoms. The molecule has 0 spiro atoms. The van der Waals surface area contributed by atoms with Gasteiger partial charge in [0.25, 0.3) is 0 Å². The average Bonchev–Trinajstić information content (AvgIpc) is 2.63. The summed E-state index contributed by atoms with van der Waals surface area (Å²) < 4.78 is 39.5. The van der Waals surface area contributed by atoms with Crippen LogP contribution in [-0.2, 0) is 14.8 Å². The van der Waals surface area contributed by atoms with E-state index in [1.165, 1.54) is 18.2 Å². The molecule has 0 fully saturated rings. The highest BCUT2D eigenvalue weighted by molar-refractivity contribution is 8.13. The zero-order chi connectivity index (χ0) is 13.3. The lowest BCUT2D eigenvalue weighted by molar-refractivity contribution is 0.426. The first-order chi connectivity index (χ1) is 8.35. The van der Waals surface area contributed by atoms with Gasteiger partial charge in [0.05, 0.1) is 5.02 Å². The number of hydrogen-bond donors (Lipinski definition) is 0. The Morgan fingerprint density at radius 1 is 1.33 bits per heavy atom. The van der Waals surface area contributed by atoms with Crippen LogP contribution in [0, 0.1) is 5.82 Å². The quantitative estimate of drug-likeness (QED) is 0.817. The van der Waals surface area contributed by atoms with Crippen LogP contribution in [0.3, 0.4) is 0 Å². The number of hydrogen-bond acceptors (Lipinski definition) is 4. The molecule has 1 aromatic carbocycles. The normalized spacial score (nSPS) is 11.7. The molecule has 0 aliphatic carbocycles. The largest absolute Gasteiger partial charge is 0.356 e. The van der Waals surface area contributed by atoms with Crippen LogP contribution in [0.1, 0.15) is 5.69 Å². The molecule has 1 aromatic heterocycles. The third-order valence-corrected chi connectivity index (χ3v) is 3.36. The molecule has 0 atom stereocenters. The maximum Gasteiger partial charge on any atom is 0.238 e. The molecule has 0 saturated heterocycles. The lowest BCUT2D eigenvalue weighted by Crippen LogP contribution is -1.94. The highest BCUT2D eigenvalue weighted by atomic mass is 35.7. The molecule has 2 aromatic rings. The van der Waals surface area contributed by atoms with Crippen LogP contribution in [0.15, 0.2) is 28.8 Å². The smallest absolute Gasteiger partial charge is 0.238 e. The van der Waals surface area contributed by atoms with E-state index < -0.39 is 20.6 Å². The van der Waals surface area contributed by atoms with Crippen molar-refractivity contribution in [3.05, 3.63) is 40.8 Å². The minimum absolute atomic E-state index is 0.145. The molecule has 0 amide bonds. The van der Waals surface area contributed by atoms with Gasteiger partial charge in [-0.25, -0.2) is 12.8 Å². The van der Waals surface area contributed by atoms with E-state index in [9.17, 15) is 12.8 Å². The van der Waals surface area contributed by atoms with Crippen LogP contribution in [-0.4, -0.2) is 13.6 Å². The molecule has 8 heteroatoms. The van der Waals surface area contributed by atoms with Crippen LogP contribution < -0.4 is 0 Å². The Labute approximate surface area is 112 Å². The summed E-state index contributed by atoms with van der Waals surface area (Å²) in [5, 5.41) is 3.70. The van der Waals surface area contributed by atoms with Crippen LogP contribution in [0.4, 0.5) is 4.39 Å². The van der Waals surface area contributed by atoms with E-state index in [1.807, 2.05) is 0 Å². The number of nitrogens with zero attached hydrogens (tertiary/aromatic N) is 1. The minimum atomic E-state index is -3.71. The molecule has 0 N–H and O–H groups in total. The zero-order valence-electron chi connectivity index (χ0n) is 8.73. The van der Waals surface area contributed by atoms with Crippen molar-refractivity contribution in [1.29, 1.82) is 0 Å². The summed E-state index contributed by atoms with van der Waals surface area (Å²) in [6.45, 7) is 0. The van der Waals surface area contributed by atoms with Crippen molar-refractivity contribution in [3.8, 4) is 11.3 Å². The first-order valence-electron chi connectivity index (χ1n) is 4.68. The summed E-state index contributed by atoms with van der Waals surface area (Å²) in [6.07, 6.45) is 0. The second-order valence-electron chi connectivity index (χ2n) is 3.49. The summed E-state index contributed by atoms with van der Waals surface area (Å²) in [7, 11) is 1.38. The maximum absolute atomic E-state index is 12.9. The predicted molar refractivity (Wildman–Crippen MR) is 65.4 cm³/mol. The van der Waals surface area contributed by atoms with E-state index >= 15 is 0 Å². The Balaban J connectivity index is 2.35. The summed E-state index contributed by atoms with van der Waals surface area (Å²) in [4.78, 5) is 0. The summed E-state index contributed by atoms with van der Waals surface area (Å²) >= 11 is 5.83. The van der Waals surface area contributed by atoms with Crippen molar-refractivity contribution in [2.24, 2.45) is 0 Å². The Bertz CT molecular complexity index is 684. The number of benzene rings is 1. The molecule has 1 heterocycles. The highest BCUT2D eigenvalue weighted by Gasteiger charge is 2.15. The van der Waals surface area contributed by atoms with Gasteiger partial charge in [-0.05, 0) is 18.2 Å².